The molecule has 3 aromatic rings. The van der Waals surface area contributed by atoms with E-state index in [9.17, 15) is 22.4 Å². The van der Waals surface area contributed by atoms with Crippen molar-refractivity contribution in [2.75, 3.05) is 0 Å². The van der Waals surface area contributed by atoms with Crippen LogP contribution in [0.5, 0.6) is 11.5 Å². The highest BCUT2D eigenvalue weighted by Crippen LogP contribution is 2.20. The summed E-state index contributed by atoms with van der Waals surface area (Å²) in [6, 6.07) is 11.4. The Morgan fingerprint density at radius 2 is 1.79 bits per heavy atom. The summed E-state index contributed by atoms with van der Waals surface area (Å²) >= 11 is 0. The topological polar surface area (TPSA) is 48.7 Å². The minimum atomic E-state index is -2.94. The summed E-state index contributed by atoms with van der Waals surface area (Å²) < 4.78 is 65.6. The SMILES string of the molecule is O=C(/C=C/c1ccc(COc2ccc(F)cc2F)o1)c1ccc(OC(F)F)cc1. The molecule has 0 atom stereocenters. The van der Waals surface area contributed by atoms with Crippen LogP contribution in [0.2, 0.25) is 0 Å². The Bertz CT molecular complexity index is 1010. The van der Waals surface area contributed by atoms with E-state index in [0.717, 1.165) is 6.07 Å². The molecule has 0 spiro atoms. The normalized spacial score (nSPS) is 11.2. The number of furan rings is 1. The monoisotopic (exact) mass is 406 g/mol. The van der Waals surface area contributed by atoms with Crippen LogP contribution in [0.25, 0.3) is 6.08 Å². The minimum Gasteiger partial charge on any atom is -0.483 e. The van der Waals surface area contributed by atoms with Crippen molar-refractivity contribution in [3.05, 3.63) is 89.4 Å². The molecule has 3 rings (SSSR count). The van der Waals surface area contributed by atoms with Crippen LogP contribution in [0.3, 0.4) is 0 Å². The maximum atomic E-state index is 13.5. The van der Waals surface area contributed by atoms with Gasteiger partial charge in [0.2, 0.25) is 0 Å². The van der Waals surface area contributed by atoms with Crippen molar-refractivity contribution in [3.8, 4) is 11.5 Å². The Labute approximate surface area is 163 Å². The molecule has 0 bridgehead atoms. The number of carbonyl (C=O) groups is 1. The molecule has 0 N–H and O–H groups in total. The lowest BCUT2D eigenvalue weighted by Gasteiger charge is -2.05. The average molecular weight is 406 g/mol. The van der Waals surface area contributed by atoms with Crippen molar-refractivity contribution >= 4 is 11.9 Å². The van der Waals surface area contributed by atoms with Gasteiger partial charge in [0.25, 0.3) is 0 Å². The molecule has 0 amide bonds. The van der Waals surface area contributed by atoms with E-state index in [1.807, 2.05) is 0 Å². The van der Waals surface area contributed by atoms with Gasteiger partial charge in [0.15, 0.2) is 17.3 Å². The van der Waals surface area contributed by atoms with Gasteiger partial charge in [-0.3, -0.25) is 4.79 Å². The summed E-state index contributed by atoms with van der Waals surface area (Å²) in [5.41, 5.74) is 0.282. The molecule has 0 saturated carbocycles. The molecule has 150 valence electrons. The number of halogens is 4. The molecular weight excluding hydrogens is 392 g/mol. The molecular formula is C21H14F4O4. The molecule has 29 heavy (non-hydrogen) atoms. The Morgan fingerprint density at radius 1 is 1.03 bits per heavy atom. The van der Waals surface area contributed by atoms with Gasteiger partial charge in [-0.25, -0.2) is 8.78 Å². The van der Waals surface area contributed by atoms with Crippen LogP contribution in [0, 0.1) is 11.6 Å². The quantitative estimate of drug-likeness (QED) is 0.276. The third kappa shape index (κ3) is 5.71. The van der Waals surface area contributed by atoms with Crippen molar-refractivity contribution in [3.63, 3.8) is 0 Å². The van der Waals surface area contributed by atoms with Gasteiger partial charge in [-0.1, -0.05) is 0 Å². The number of benzene rings is 2. The second-order valence-corrected chi connectivity index (χ2v) is 5.77. The molecule has 1 heterocycles. The molecule has 0 unspecified atom stereocenters. The summed E-state index contributed by atoms with van der Waals surface area (Å²) in [5.74, 6) is -1.34. The van der Waals surface area contributed by atoms with Crippen molar-refractivity contribution < 1.29 is 36.2 Å². The fourth-order valence-corrected chi connectivity index (χ4v) is 2.36. The highest BCUT2D eigenvalue weighted by molar-refractivity contribution is 6.06. The van der Waals surface area contributed by atoms with E-state index < -0.39 is 18.2 Å². The van der Waals surface area contributed by atoms with Crippen LogP contribution in [-0.2, 0) is 6.61 Å². The number of hydrogen-bond acceptors (Lipinski definition) is 4. The predicted octanol–water partition coefficient (Wildman–Crippen LogP) is 5.63. The van der Waals surface area contributed by atoms with E-state index in [1.54, 1.807) is 12.1 Å². The first kappa shape index (κ1) is 20.2. The number of hydrogen-bond donors (Lipinski definition) is 0. The second kappa shape index (κ2) is 9.09. The first-order valence-electron chi connectivity index (χ1n) is 8.34. The fourth-order valence-electron chi connectivity index (χ4n) is 2.36. The van der Waals surface area contributed by atoms with Gasteiger partial charge in [-0.05, 0) is 60.7 Å². The first-order valence-corrected chi connectivity index (χ1v) is 8.34. The van der Waals surface area contributed by atoms with Gasteiger partial charge in [-0.15, -0.1) is 0 Å². The van der Waals surface area contributed by atoms with Gasteiger partial charge in [0.05, 0.1) is 0 Å². The molecule has 0 radical (unpaired) electrons. The van der Waals surface area contributed by atoms with E-state index in [0.29, 0.717) is 17.6 Å². The zero-order chi connectivity index (χ0) is 20.8. The third-order valence-corrected chi connectivity index (χ3v) is 3.71. The van der Waals surface area contributed by atoms with E-state index in [2.05, 4.69) is 4.74 Å². The van der Waals surface area contributed by atoms with Crippen molar-refractivity contribution in [2.45, 2.75) is 13.2 Å². The smallest absolute Gasteiger partial charge is 0.387 e. The molecule has 0 aliphatic rings. The maximum absolute atomic E-state index is 13.5. The number of alkyl halides is 2. The summed E-state index contributed by atoms with van der Waals surface area (Å²) in [6.07, 6.45) is 2.68. The highest BCUT2D eigenvalue weighted by atomic mass is 19.3. The van der Waals surface area contributed by atoms with Crippen LogP contribution >= 0.6 is 0 Å². The summed E-state index contributed by atoms with van der Waals surface area (Å²) in [7, 11) is 0. The van der Waals surface area contributed by atoms with Crippen LogP contribution in [0.1, 0.15) is 21.9 Å². The molecule has 0 aliphatic carbocycles. The van der Waals surface area contributed by atoms with Gasteiger partial charge in [0.1, 0.15) is 29.7 Å². The van der Waals surface area contributed by atoms with E-state index in [1.165, 1.54) is 42.5 Å². The molecule has 2 aromatic carbocycles. The van der Waals surface area contributed by atoms with E-state index in [4.69, 9.17) is 9.15 Å². The molecule has 0 fully saturated rings. The lowest BCUT2D eigenvalue weighted by molar-refractivity contribution is -0.0498. The highest BCUT2D eigenvalue weighted by Gasteiger charge is 2.08. The largest absolute Gasteiger partial charge is 0.483 e. The lowest BCUT2D eigenvalue weighted by atomic mass is 10.1. The zero-order valence-corrected chi connectivity index (χ0v) is 14.8. The van der Waals surface area contributed by atoms with E-state index in [-0.39, 0.29) is 29.5 Å². The average Bonchev–Trinajstić information content (AvgIpc) is 3.13. The van der Waals surface area contributed by atoms with Crippen LogP contribution in [0.15, 0.2) is 65.1 Å². The number of ketones is 1. The van der Waals surface area contributed by atoms with Crippen LogP contribution < -0.4 is 9.47 Å². The summed E-state index contributed by atoms with van der Waals surface area (Å²) in [6.45, 7) is -3.02. The lowest BCUT2D eigenvalue weighted by Crippen LogP contribution is -2.02. The van der Waals surface area contributed by atoms with Crippen molar-refractivity contribution in [2.24, 2.45) is 0 Å². The van der Waals surface area contributed by atoms with Crippen LogP contribution in [-0.4, -0.2) is 12.4 Å². The molecule has 8 heteroatoms. The Kier molecular flexibility index (Phi) is 6.33. The maximum Gasteiger partial charge on any atom is 0.387 e. The molecule has 1 aromatic heterocycles. The number of rotatable bonds is 8. The Balaban J connectivity index is 1.57. The zero-order valence-electron chi connectivity index (χ0n) is 14.8. The van der Waals surface area contributed by atoms with Gasteiger partial charge in [0, 0.05) is 11.6 Å². The Hall–Kier alpha value is -3.55. The Morgan fingerprint density at radius 3 is 2.48 bits per heavy atom. The van der Waals surface area contributed by atoms with Crippen molar-refractivity contribution in [1.29, 1.82) is 0 Å². The van der Waals surface area contributed by atoms with Gasteiger partial charge < -0.3 is 13.9 Å². The number of allylic oxidation sites excluding steroid dienone is 1. The standard InChI is InChI=1S/C21H14F4O4/c22-14-3-10-20(18(23)11-14)27-12-17-7-6-15(28-17)8-9-19(26)13-1-4-16(5-2-13)29-21(24)25/h1-11,21H,12H2/b9-8+. The van der Waals surface area contributed by atoms with Crippen LogP contribution in [0.4, 0.5) is 17.6 Å². The van der Waals surface area contributed by atoms with Gasteiger partial charge >= 0.3 is 6.61 Å². The molecule has 4 nitrogen and oxygen atoms in total. The third-order valence-electron chi connectivity index (χ3n) is 3.71. The fraction of sp³-hybridized carbons (Fsp3) is 0.0952. The number of carbonyl (C=O) groups excluding carboxylic acids is 1. The van der Waals surface area contributed by atoms with Gasteiger partial charge in [-0.2, -0.15) is 8.78 Å². The van der Waals surface area contributed by atoms with Crippen molar-refractivity contribution in [1.82, 2.24) is 0 Å². The summed E-state index contributed by atoms with van der Waals surface area (Å²) in [4.78, 5) is 12.1. The molecule has 0 saturated heterocycles. The molecule has 0 aliphatic heterocycles. The number of ether oxygens (including phenoxy) is 2. The first-order chi connectivity index (χ1) is 13.9. The minimum absolute atomic E-state index is 0.0474. The predicted molar refractivity (Wildman–Crippen MR) is 95.8 cm³/mol. The summed E-state index contributed by atoms with van der Waals surface area (Å²) in [5, 5.41) is 0. The second-order valence-electron chi connectivity index (χ2n) is 5.77. The van der Waals surface area contributed by atoms with E-state index >= 15 is 0 Å².